The maximum Gasteiger partial charge on any atom is 0.124 e. The van der Waals surface area contributed by atoms with Gasteiger partial charge in [-0.3, -0.25) is 0 Å². The number of hydrogen-bond acceptors (Lipinski definition) is 3. The zero-order chi connectivity index (χ0) is 13.3. The van der Waals surface area contributed by atoms with Crippen LogP contribution in [0.5, 0.6) is 5.75 Å². The average Bonchev–Trinajstić information content (AvgIpc) is 2.66. The highest BCUT2D eigenvalue weighted by molar-refractivity contribution is 5.45. The molecule has 0 fully saturated rings. The summed E-state index contributed by atoms with van der Waals surface area (Å²) in [5.41, 5.74) is 5.73. The van der Waals surface area contributed by atoms with Crippen molar-refractivity contribution in [2.75, 3.05) is 7.11 Å². The summed E-state index contributed by atoms with van der Waals surface area (Å²) in [5, 5.41) is 0. The molecule has 1 N–H and O–H groups in total. The van der Waals surface area contributed by atoms with E-state index in [-0.39, 0.29) is 17.6 Å². The molecule has 2 unspecified atom stereocenters. The van der Waals surface area contributed by atoms with E-state index in [9.17, 15) is 0 Å². The number of hydroxylamine groups is 1. The summed E-state index contributed by atoms with van der Waals surface area (Å²) in [5.74, 6) is 0.976. The molecule has 0 saturated heterocycles. The van der Waals surface area contributed by atoms with Crippen LogP contribution in [0.15, 0.2) is 18.2 Å². The Labute approximate surface area is 109 Å². The van der Waals surface area contributed by atoms with E-state index in [2.05, 4.69) is 51.4 Å². The summed E-state index contributed by atoms with van der Waals surface area (Å²) < 4.78 is 5.95. The van der Waals surface area contributed by atoms with Gasteiger partial charge in [0.2, 0.25) is 0 Å². The zero-order valence-electron chi connectivity index (χ0n) is 11.9. The molecule has 1 aromatic rings. The first-order valence-electron chi connectivity index (χ1n) is 6.57. The van der Waals surface area contributed by atoms with Crippen molar-refractivity contribution in [1.29, 1.82) is 0 Å². The van der Waals surface area contributed by atoms with Crippen molar-refractivity contribution in [3.8, 4) is 5.75 Å². The number of benzene rings is 1. The fourth-order valence-corrected chi connectivity index (χ4v) is 2.38. The smallest absolute Gasteiger partial charge is 0.124 e. The molecule has 100 valence electrons. The van der Waals surface area contributed by atoms with Crippen LogP contribution in [0.25, 0.3) is 0 Å². The summed E-state index contributed by atoms with van der Waals surface area (Å²) >= 11 is 0. The van der Waals surface area contributed by atoms with Crippen molar-refractivity contribution in [2.45, 2.75) is 51.7 Å². The summed E-state index contributed by atoms with van der Waals surface area (Å²) in [6.45, 7) is 8.80. The van der Waals surface area contributed by atoms with Crippen molar-refractivity contribution in [3.05, 3.63) is 29.3 Å². The molecule has 2 atom stereocenters. The second-order valence-electron chi connectivity index (χ2n) is 5.87. The zero-order valence-corrected chi connectivity index (χ0v) is 11.9. The minimum absolute atomic E-state index is 0.122. The van der Waals surface area contributed by atoms with Crippen LogP contribution in [0.2, 0.25) is 0 Å². The van der Waals surface area contributed by atoms with Crippen LogP contribution in [0.4, 0.5) is 0 Å². The van der Waals surface area contributed by atoms with Gasteiger partial charge in [-0.1, -0.05) is 33.8 Å². The van der Waals surface area contributed by atoms with Gasteiger partial charge in [0.25, 0.3) is 0 Å². The van der Waals surface area contributed by atoms with Gasteiger partial charge in [0, 0.05) is 5.56 Å². The Morgan fingerprint density at radius 1 is 1.33 bits per heavy atom. The Morgan fingerprint density at radius 3 is 2.61 bits per heavy atom. The maximum absolute atomic E-state index is 5.95. The fourth-order valence-electron chi connectivity index (χ4n) is 2.38. The van der Waals surface area contributed by atoms with Crippen LogP contribution in [0.1, 0.15) is 51.3 Å². The van der Waals surface area contributed by atoms with Gasteiger partial charge in [0.05, 0.1) is 13.2 Å². The normalized spacial score (nSPS) is 22.7. The molecular formula is C15H23NO2. The van der Waals surface area contributed by atoms with E-state index in [0.29, 0.717) is 0 Å². The van der Waals surface area contributed by atoms with Gasteiger partial charge >= 0.3 is 0 Å². The van der Waals surface area contributed by atoms with Gasteiger partial charge in [-0.05, 0) is 29.5 Å². The lowest BCUT2D eigenvalue weighted by Gasteiger charge is -2.21. The third-order valence-corrected chi connectivity index (χ3v) is 3.51. The molecule has 3 nitrogen and oxygen atoms in total. The van der Waals surface area contributed by atoms with Crippen molar-refractivity contribution in [1.82, 2.24) is 5.48 Å². The number of ether oxygens (including phenoxy) is 1. The number of hydrogen-bond donors (Lipinski definition) is 1. The first-order chi connectivity index (χ1) is 8.47. The highest BCUT2D eigenvalue weighted by Crippen LogP contribution is 2.40. The second kappa shape index (κ2) is 4.90. The average molecular weight is 249 g/mol. The van der Waals surface area contributed by atoms with Crippen LogP contribution in [-0.2, 0) is 10.3 Å². The van der Waals surface area contributed by atoms with Gasteiger partial charge in [-0.2, -0.15) is 5.48 Å². The Kier molecular flexibility index (Phi) is 3.64. The van der Waals surface area contributed by atoms with Crippen molar-refractivity contribution < 1.29 is 9.57 Å². The van der Waals surface area contributed by atoms with Crippen LogP contribution in [-0.4, -0.2) is 13.2 Å². The lowest BCUT2D eigenvalue weighted by Crippen LogP contribution is -2.29. The molecule has 1 aliphatic rings. The second-order valence-corrected chi connectivity index (χ2v) is 5.87. The molecule has 0 bridgehead atoms. The van der Waals surface area contributed by atoms with E-state index in [0.717, 1.165) is 12.2 Å². The topological polar surface area (TPSA) is 30.5 Å². The first-order valence-corrected chi connectivity index (χ1v) is 6.57. The molecule has 3 heteroatoms. The monoisotopic (exact) mass is 249 g/mol. The number of fused-ring (bicyclic) bond motifs is 1. The molecule has 1 aliphatic heterocycles. The summed E-state index contributed by atoms with van der Waals surface area (Å²) in [7, 11) is 1.65. The highest BCUT2D eigenvalue weighted by Gasteiger charge is 2.34. The van der Waals surface area contributed by atoms with Gasteiger partial charge in [-0.15, -0.1) is 0 Å². The molecule has 0 amide bonds. The number of nitrogens with one attached hydrogen (secondary N) is 1. The van der Waals surface area contributed by atoms with E-state index in [4.69, 9.17) is 9.57 Å². The van der Waals surface area contributed by atoms with Crippen LogP contribution in [0, 0.1) is 0 Å². The van der Waals surface area contributed by atoms with Crippen LogP contribution in [0.3, 0.4) is 0 Å². The van der Waals surface area contributed by atoms with Crippen molar-refractivity contribution in [2.24, 2.45) is 0 Å². The predicted molar refractivity (Wildman–Crippen MR) is 72.7 cm³/mol. The van der Waals surface area contributed by atoms with Crippen molar-refractivity contribution in [3.63, 3.8) is 0 Å². The highest BCUT2D eigenvalue weighted by atomic mass is 16.6. The molecule has 0 spiro atoms. The molecule has 18 heavy (non-hydrogen) atoms. The quantitative estimate of drug-likeness (QED) is 0.833. The molecule has 0 aromatic heterocycles. The summed E-state index contributed by atoms with van der Waals surface area (Å²) in [6, 6.07) is 6.59. The van der Waals surface area contributed by atoms with Gasteiger partial charge < -0.3 is 9.57 Å². The Morgan fingerprint density at radius 2 is 2.06 bits per heavy atom. The van der Waals surface area contributed by atoms with Crippen LogP contribution >= 0.6 is 0 Å². The Hall–Kier alpha value is -1.06. The lowest BCUT2D eigenvalue weighted by molar-refractivity contribution is 0.0283. The third kappa shape index (κ3) is 2.38. The predicted octanol–water partition coefficient (Wildman–Crippen LogP) is 3.35. The Balaban J connectivity index is 2.38. The SMILES string of the molecule is CCC1Oc2ccc(C(C)(C)C)cc2C1NOC. The molecule has 1 heterocycles. The lowest BCUT2D eigenvalue weighted by atomic mass is 9.85. The van der Waals surface area contributed by atoms with E-state index in [1.807, 2.05) is 0 Å². The molecule has 0 radical (unpaired) electrons. The molecule has 2 rings (SSSR count). The maximum atomic E-state index is 5.95. The van der Waals surface area contributed by atoms with E-state index in [1.165, 1.54) is 11.1 Å². The third-order valence-electron chi connectivity index (χ3n) is 3.51. The summed E-state index contributed by atoms with van der Waals surface area (Å²) in [6.07, 6.45) is 1.11. The van der Waals surface area contributed by atoms with Crippen molar-refractivity contribution >= 4 is 0 Å². The van der Waals surface area contributed by atoms with Crippen LogP contribution < -0.4 is 10.2 Å². The minimum atomic E-state index is 0.122. The first kappa shape index (κ1) is 13.4. The Bertz CT molecular complexity index is 423. The minimum Gasteiger partial charge on any atom is -0.488 e. The molecule has 1 aromatic carbocycles. The van der Waals surface area contributed by atoms with Gasteiger partial charge in [-0.25, -0.2) is 0 Å². The van der Waals surface area contributed by atoms with E-state index < -0.39 is 0 Å². The van der Waals surface area contributed by atoms with E-state index in [1.54, 1.807) is 7.11 Å². The molecule has 0 aliphatic carbocycles. The largest absolute Gasteiger partial charge is 0.488 e. The molecule has 0 saturated carbocycles. The fraction of sp³-hybridized carbons (Fsp3) is 0.600. The molecular weight excluding hydrogens is 226 g/mol. The van der Waals surface area contributed by atoms with Gasteiger partial charge in [0.1, 0.15) is 11.9 Å². The van der Waals surface area contributed by atoms with E-state index >= 15 is 0 Å². The standard InChI is InChI=1S/C15H23NO2/c1-6-12-14(16-17-5)11-9-10(15(2,3)4)7-8-13(11)18-12/h7-9,12,14,16H,6H2,1-5H3. The van der Waals surface area contributed by atoms with Gasteiger partial charge in [0.15, 0.2) is 0 Å². The summed E-state index contributed by atoms with van der Waals surface area (Å²) in [4.78, 5) is 5.11. The number of rotatable bonds is 3.